The summed E-state index contributed by atoms with van der Waals surface area (Å²) in [6, 6.07) is 3.30. The van der Waals surface area contributed by atoms with E-state index in [1.165, 1.54) is 6.07 Å². The molecule has 1 aliphatic rings. The lowest BCUT2D eigenvalue weighted by atomic mass is 10.2. The molecule has 0 aromatic heterocycles. The summed E-state index contributed by atoms with van der Waals surface area (Å²) in [5, 5.41) is 2.09. The van der Waals surface area contributed by atoms with Crippen LogP contribution in [0.4, 0.5) is 18.9 Å². The number of alkyl halides is 3. The fourth-order valence-electron chi connectivity index (χ4n) is 3.08. The lowest BCUT2D eigenvalue weighted by molar-refractivity contribution is -0.143. The van der Waals surface area contributed by atoms with Crippen molar-refractivity contribution in [1.29, 1.82) is 0 Å². The Balaban J connectivity index is 1.74. The molecule has 1 aromatic carbocycles. The smallest absolute Gasteiger partial charge is 0.417 e. The molecule has 0 radical (unpaired) electrons. The summed E-state index contributed by atoms with van der Waals surface area (Å²) in [5.41, 5.74) is -0.919. The van der Waals surface area contributed by atoms with Crippen LogP contribution in [0.25, 0.3) is 0 Å². The van der Waals surface area contributed by atoms with E-state index in [0.717, 1.165) is 38.2 Å². The Labute approximate surface area is 172 Å². The number of carbonyl (C=O) groups is 2. The Bertz CT molecular complexity index is 708. The van der Waals surface area contributed by atoms with Crippen molar-refractivity contribution in [3.63, 3.8) is 0 Å². The van der Waals surface area contributed by atoms with Gasteiger partial charge in [-0.25, -0.2) is 0 Å². The Morgan fingerprint density at radius 1 is 1.17 bits per heavy atom. The number of esters is 1. The summed E-state index contributed by atoms with van der Waals surface area (Å²) in [7, 11) is 0. The maximum absolute atomic E-state index is 12.9. The fraction of sp³-hybridized carbons (Fsp3) is 0.579. The number of amides is 1. The number of hydrogen-bond acceptors (Lipinski definition) is 5. The SMILES string of the molecule is CCOC(=O)CCCN1CCN(CC(=O)Nc2ccc(Cl)c(C(F)(F)F)c2)CC1. The normalized spacial score (nSPS) is 15.9. The third kappa shape index (κ3) is 7.83. The van der Waals surface area contributed by atoms with Crippen LogP contribution in [0.3, 0.4) is 0 Å². The van der Waals surface area contributed by atoms with Gasteiger partial charge in [-0.1, -0.05) is 11.6 Å². The summed E-state index contributed by atoms with van der Waals surface area (Å²) < 4.78 is 43.6. The summed E-state index contributed by atoms with van der Waals surface area (Å²) in [6.07, 6.45) is -3.48. The van der Waals surface area contributed by atoms with E-state index in [1.807, 2.05) is 4.90 Å². The van der Waals surface area contributed by atoms with E-state index in [-0.39, 0.29) is 24.1 Å². The van der Waals surface area contributed by atoms with Crippen LogP contribution in [0.5, 0.6) is 0 Å². The quantitative estimate of drug-likeness (QED) is 0.635. The number of rotatable bonds is 8. The first-order valence-corrected chi connectivity index (χ1v) is 9.83. The first-order valence-electron chi connectivity index (χ1n) is 9.46. The maximum Gasteiger partial charge on any atom is 0.417 e. The van der Waals surface area contributed by atoms with Crippen molar-refractivity contribution in [1.82, 2.24) is 9.80 Å². The number of nitrogens with one attached hydrogen (secondary N) is 1. The van der Waals surface area contributed by atoms with Gasteiger partial charge in [0.25, 0.3) is 0 Å². The molecule has 0 atom stereocenters. The monoisotopic (exact) mass is 435 g/mol. The Morgan fingerprint density at radius 3 is 2.45 bits per heavy atom. The van der Waals surface area contributed by atoms with Crippen LogP contribution in [0, 0.1) is 0 Å². The molecule has 2 rings (SSSR count). The van der Waals surface area contributed by atoms with Crippen LogP contribution in [-0.4, -0.2) is 67.6 Å². The second kappa shape index (κ2) is 10.8. The molecule has 0 spiro atoms. The molecule has 1 saturated heterocycles. The second-order valence-electron chi connectivity index (χ2n) is 6.77. The van der Waals surface area contributed by atoms with Crippen molar-refractivity contribution in [3.05, 3.63) is 28.8 Å². The van der Waals surface area contributed by atoms with Gasteiger partial charge in [0, 0.05) is 38.3 Å². The average Bonchev–Trinajstić information content (AvgIpc) is 2.64. The minimum atomic E-state index is -4.58. The third-order valence-electron chi connectivity index (χ3n) is 4.55. The van der Waals surface area contributed by atoms with E-state index in [1.54, 1.807) is 6.92 Å². The molecule has 0 saturated carbocycles. The van der Waals surface area contributed by atoms with E-state index >= 15 is 0 Å². The van der Waals surface area contributed by atoms with Crippen molar-refractivity contribution < 1.29 is 27.5 Å². The lowest BCUT2D eigenvalue weighted by Crippen LogP contribution is -2.48. The summed E-state index contributed by atoms with van der Waals surface area (Å²) in [4.78, 5) is 27.7. The van der Waals surface area contributed by atoms with Gasteiger partial charge >= 0.3 is 12.1 Å². The summed E-state index contributed by atoms with van der Waals surface area (Å²) in [6.45, 7) is 5.89. The number of halogens is 4. The lowest BCUT2D eigenvalue weighted by Gasteiger charge is -2.34. The number of nitrogens with zero attached hydrogens (tertiary/aromatic N) is 2. The van der Waals surface area contributed by atoms with E-state index in [4.69, 9.17) is 16.3 Å². The highest BCUT2D eigenvalue weighted by atomic mass is 35.5. The largest absolute Gasteiger partial charge is 0.466 e. The minimum absolute atomic E-state index is 0.0596. The standard InChI is InChI=1S/C19H25ClF3N3O3/c1-2-29-18(28)4-3-7-25-8-10-26(11-9-25)13-17(27)24-14-5-6-16(20)15(12-14)19(21,22)23/h5-6,12H,2-4,7-11,13H2,1H3,(H,24,27). The van der Waals surface area contributed by atoms with Crippen LogP contribution in [-0.2, 0) is 20.5 Å². The number of hydrogen-bond donors (Lipinski definition) is 1. The Hall–Kier alpha value is -1.84. The topological polar surface area (TPSA) is 61.9 Å². The van der Waals surface area contributed by atoms with Gasteiger partial charge in [0.2, 0.25) is 5.91 Å². The molecule has 1 aliphatic heterocycles. The van der Waals surface area contributed by atoms with Crippen molar-refractivity contribution in [2.75, 3.05) is 51.2 Å². The predicted molar refractivity (Wildman–Crippen MR) is 104 cm³/mol. The molecule has 0 bridgehead atoms. The highest BCUT2D eigenvalue weighted by Crippen LogP contribution is 2.36. The van der Waals surface area contributed by atoms with Gasteiger partial charge in [-0.15, -0.1) is 0 Å². The van der Waals surface area contributed by atoms with E-state index < -0.39 is 16.8 Å². The molecule has 10 heteroatoms. The van der Waals surface area contributed by atoms with E-state index in [2.05, 4.69) is 10.2 Å². The van der Waals surface area contributed by atoms with E-state index in [0.29, 0.717) is 26.1 Å². The van der Waals surface area contributed by atoms with Crippen LogP contribution in [0.1, 0.15) is 25.3 Å². The molecule has 1 N–H and O–H groups in total. The van der Waals surface area contributed by atoms with Crippen molar-refractivity contribution in [3.8, 4) is 0 Å². The minimum Gasteiger partial charge on any atom is -0.466 e. The van der Waals surface area contributed by atoms with Gasteiger partial charge in [0.1, 0.15) is 0 Å². The first-order chi connectivity index (χ1) is 13.7. The average molecular weight is 436 g/mol. The number of anilines is 1. The molecule has 6 nitrogen and oxygen atoms in total. The zero-order valence-electron chi connectivity index (χ0n) is 16.2. The van der Waals surface area contributed by atoms with Crippen LogP contribution < -0.4 is 5.32 Å². The van der Waals surface area contributed by atoms with Gasteiger partial charge in [0.15, 0.2) is 0 Å². The van der Waals surface area contributed by atoms with Crippen LogP contribution in [0.15, 0.2) is 18.2 Å². The molecular weight excluding hydrogens is 411 g/mol. The Kier molecular flexibility index (Phi) is 8.73. The van der Waals surface area contributed by atoms with Gasteiger partial charge in [-0.05, 0) is 38.1 Å². The first kappa shape index (κ1) is 23.4. The molecular formula is C19H25ClF3N3O3. The Morgan fingerprint density at radius 2 is 1.83 bits per heavy atom. The maximum atomic E-state index is 12.9. The van der Waals surface area contributed by atoms with Gasteiger partial charge in [-0.3, -0.25) is 14.5 Å². The van der Waals surface area contributed by atoms with Crippen LogP contribution >= 0.6 is 11.6 Å². The molecule has 162 valence electrons. The van der Waals surface area contributed by atoms with Crippen LogP contribution in [0.2, 0.25) is 5.02 Å². The predicted octanol–water partition coefficient (Wildman–Crippen LogP) is 3.26. The van der Waals surface area contributed by atoms with Gasteiger partial charge in [-0.2, -0.15) is 13.2 Å². The number of piperazine rings is 1. The van der Waals surface area contributed by atoms with Crippen molar-refractivity contribution in [2.24, 2.45) is 0 Å². The summed E-state index contributed by atoms with van der Waals surface area (Å²) >= 11 is 5.58. The number of carbonyl (C=O) groups excluding carboxylic acids is 2. The van der Waals surface area contributed by atoms with Crippen molar-refractivity contribution in [2.45, 2.75) is 25.9 Å². The number of benzene rings is 1. The van der Waals surface area contributed by atoms with Gasteiger partial charge < -0.3 is 15.0 Å². The molecule has 1 amide bonds. The van der Waals surface area contributed by atoms with Crippen molar-refractivity contribution >= 4 is 29.2 Å². The van der Waals surface area contributed by atoms with Gasteiger partial charge in [0.05, 0.1) is 23.7 Å². The fourth-order valence-corrected chi connectivity index (χ4v) is 3.30. The van der Waals surface area contributed by atoms with E-state index in [9.17, 15) is 22.8 Å². The highest BCUT2D eigenvalue weighted by molar-refractivity contribution is 6.31. The number of ether oxygens (including phenoxy) is 1. The third-order valence-corrected chi connectivity index (χ3v) is 4.88. The molecule has 1 fully saturated rings. The summed E-state index contributed by atoms with van der Waals surface area (Å²) in [5.74, 6) is -0.574. The highest BCUT2D eigenvalue weighted by Gasteiger charge is 2.33. The molecule has 29 heavy (non-hydrogen) atoms. The zero-order chi connectivity index (χ0) is 21.4. The molecule has 0 aliphatic carbocycles. The molecule has 1 aromatic rings. The molecule has 1 heterocycles. The molecule has 0 unspecified atom stereocenters. The second-order valence-corrected chi connectivity index (χ2v) is 7.17. The zero-order valence-corrected chi connectivity index (χ0v) is 17.0.